The average Bonchev–Trinajstić information content (AvgIpc) is 3.60. The van der Waals surface area contributed by atoms with E-state index < -0.39 is 11.9 Å². The van der Waals surface area contributed by atoms with Crippen LogP contribution in [0.4, 0.5) is 0 Å². The highest BCUT2D eigenvalue weighted by molar-refractivity contribution is 6.33. The van der Waals surface area contributed by atoms with E-state index in [-0.39, 0.29) is 11.8 Å². The molecule has 0 saturated heterocycles. The number of fused-ring (bicyclic) bond motifs is 2. The molecule has 1 amide bonds. The standard InChI is InChI=1S/C21H18ClN9O2/c1-11-12(9-25-29(11)2)19-26-27-20(33-19)21(32)30-7-5-14-17(24-10-23-14)18(30)15-8-16-13(22)4-3-6-31(16)28-15/h3-4,6,8-10,18H,5,7H2,1-2H3,(H,23,24)/t18-/m0/s1. The Labute approximate surface area is 192 Å². The number of H-pyrrole nitrogens is 1. The lowest BCUT2D eigenvalue weighted by Crippen LogP contribution is -2.41. The molecule has 166 valence electrons. The molecular formula is C21H18ClN9O2. The van der Waals surface area contributed by atoms with E-state index in [4.69, 9.17) is 16.0 Å². The SMILES string of the molecule is Cc1c(-c2nnc(C(=O)N3CCc4[nH]cnc4[C@@H]3c3cc4c(Cl)cccn4n3)o2)cnn1C. The number of aromatic amines is 1. The van der Waals surface area contributed by atoms with Crippen molar-refractivity contribution < 1.29 is 9.21 Å². The molecule has 0 unspecified atom stereocenters. The summed E-state index contributed by atoms with van der Waals surface area (Å²) in [7, 11) is 1.82. The molecule has 6 heterocycles. The molecule has 5 aromatic heterocycles. The van der Waals surface area contributed by atoms with Gasteiger partial charge in [-0.05, 0) is 25.1 Å². The van der Waals surface area contributed by atoms with E-state index in [1.54, 1.807) is 32.7 Å². The van der Waals surface area contributed by atoms with Crippen LogP contribution in [-0.2, 0) is 13.5 Å². The number of nitrogens with zero attached hydrogens (tertiary/aromatic N) is 8. The van der Waals surface area contributed by atoms with Gasteiger partial charge >= 0.3 is 11.8 Å². The van der Waals surface area contributed by atoms with E-state index in [1.165, 1.54) is 0 Å². The van der Waals surface area contributed by atoms with Gasteiger partial charge in [0, 0.05) is 37.6 Å². The maximum atomic E-state index is 13.5. The summed E-state index contributed by atoms with van der Waals surface area (Å²) in [5.74, 6) is -0.242. The first-order chi connectivity index (χ1) is 16.0. The van der Waals surface area contributed by atoms with Crippen molar-refractivity contribution in [1.29, 1.82) is 0 Å². The molecule has 0 spiro atoms. The second-order valence-corrected chi connectivity index (χ2v) is 8.26. The van der Waals surface area contributed by atoms with Crippen LogP contribution in [-0.4, -0.2) is 56.9 Å². The number of carbonyl (C=O) groups excluding carboxylic acids is 1. The van der Waals surface area contributed by atoms with Gasteiger partial charge < -0.3 is 14.3 Å². The summed E-state index contributed by atoms with van der Waals surface area (Å²) in [6.07, 6.45) is 5.70. The van der Waals surface area contributed by atoms with Gasteiger partial charge in [-0.25, -0.2) is 9.50 Å². The summed E-state index contributed by atoms with van der Waals surface area (Å²) in [5.41, 5.74) is 4.63. The van der Waals surface area contributed by atoms with Crippen LogP contribution < -0.4 is 0 Å². The van der Waals surface area contributed by atoms with Crippen LogP contribution in [0.3, 0.4) is 0 Å². The predicted molar refractivity (Wildman–Crippen MR) is 117 cm³/mol. The molecular weight excluding hydrogens is 446 g/mol. The summed E-state index contributed by atoms with van der Waals surface area (Å²) < 4.78 is 9.16. The van der Waals surface area contributed by atoms with Gasteiger partial charge in [-0.15, -0.1) is 10.2 Å². The highest BCUT2D eigenvalue weighted by Gasteiger charge is 2.38. The zero-order valence-corrected chi connectivity index (χ0v) is 18.5. The van der Waals surface area contributed by atoms with Gasteiger partial charge in [-0.3, -0.25) is 9.48 Å². The van der Waals surface area contributed by atoms with Crippen LogP contribution in [0, 0.1) is 6.92 Å². The predicted octanol–water partition coefficient (Wildman–Crippen LogP) is 2.59. The highest BCUT2D eigenvalue weighted by atomic mass is 35.5. The molecule has 1 aliphatic rings. The molecule has 0 aliphatic carbocycles. The normalized spacial score (nSPS) is 15.8. The largest absolute Gasteiger partial charge is 0.412 e. The van der Waals surface area contributed by atoms with Gasteiger partial charge in [-0.2, -0.15) is 10.2 Å². The van der Waals surface area contributed by atoms with Crippen LogP contribution in [0.15, 0.2) is 41.3 Å². The van der Waals surface area contributed by atoms with Gasteiger partial charge in [0.05, 0.1) is 40.0 Å². The fourth-order valence-electron chi connectivity index (χ4n) is 4.18. The van der Waals surface area contributed by atoms with Crippen molar-refractivity contribution >= 4 is 23.0 Å². The maximum Gasteiger partial charge on any atom is 0.312 e. The van der Waals surface area contributed by atoms with Crippen LogP contribution in [0.2, 0.25) is 5.02 Å². The molecule has 0 aromatic carbocycles. The molecule has 0 radical (unpaired) electrons. The van der Waals surface area contributed by atoms with Crippen molar-refractivity contribution in [2.24, 2.45) is 7.05 Å². The minimum absolute atomic E-state index is 0.0981. The van der Waals surface area contributed by atoms with Gasteiger partial charge in [0.2, 0.25) is 0 Å². The molecule has 1 atom stereocenters. The van der Waals surface area contributed by atoms with Crippen molar-refractivity contribution in [1.82, 2.24) is 44.5 Å². The van der Waals surface area contributed by atoms with E-state index in [2.05, 4.69) is 30.4 Å². The Morgan fingerprint density at radius 3 is 3.00 bits per heavy atom. The lowest BCUT2D eigenvalue weighted by molar-refractivity contribution is 0.0646. The zero-order chi connectivity index (χ0) is 22.7. The molecule has 0 bridgehead atoms. The Morgan fingerprint density at radius 2 is 2.21 bits per heavy atom. The van der Waals surface area contributed by atoms with Crippen LogP contribution >= 0.6 is 11.6 Å². The fourth-order valence-corrected chi connectivity index (χ4v) is 4.39. The molecule has 1 aliphatic heterocycles. The van der Waals surface area contributed by atoms with Crippen molar-refractivity contribution in [3.63, 3.8) is 0 Å². The topological polar surface area (TPSA) is 123 Å². The number of halogens is 1. The summed E-state index contributed by atoms with van der Waals surface area (Å²) in [6.45, 7) is 2.33. The number of imidazole rings is 1. The Kier molecular flexibility index (Phi) is 4.34. The number of hydrogen-bond acceptors (Lipinski definition) is 7. The Hall–Kier alpha value is -3.99. The number of nitrogens with one attached hydrogen (secondary N) is 1. The van der Waals surface area contributed by atoms with E-state index in [0.717, 1.165) is 22.6 Å². The third kappa shape index (κ3) is 3.04. The molecule has 12 heteroatoms. The number of rotatable bonds is 3. The summed E-state index contributed by atoms with van der Waals surface area (Å²) >= 11 is 6.36. The van der Waals surface area contributed by atoms with Crippen molar-refractivity contribution in [3.8, 4) is 11.5 Å². The number of amides is 1. The molecule has 33 heavy (non-hydrogen) atoms. The third-order valence-electron chi connectivity index (χ3n) is 6.01. The first-order valence-corrected chi connectivity index (χ1v) is 10.7. The second kappa shape index (κ2) is 7.27. The lowest BCUT2D eigenvalue weighted by Gasteiger charge is -2.32. The molecule has 1 N–H and O–H groups in total. The number of hydrogen-bond donors (Lipinski definition) is 1. The Morgan fingerprint density at radius 1 is 1.33 bits per heavy atom. The van der Waals surface area contributed by atoms with Crippen molar-refractivity contribution in [2.75, 3.05) is 6.54 Å². The van der Waals surface area contributed by atoms with E-state index >= 15 is 0 Å². The Bertz CT molecular complexity index is 1510. The minimum atomic E-state index is -0.529. The molecule has 0 saturated carbocycles. The summed E-state index contributed by atoms with van der Waals surface area (Å²) in [4.78, 5) is 22.9. The smallest absolute Gasteiger partial charge is 0.312 e. The highest BCUT2D eigenvalue weighted by Crippen LogP contribution is 2.35. The summed E-state index contributed by atoms with van der Waals surface area (Å²) in [5, 5.41) is 17.5. The summed E-state index contributed by atoms with van der Waals surface area (Å²) in [6, 6.07) is 4.96. The van der Waals surface area contributed by atoms with E-state index in [0.29, 0.717) is 29.2 Å². The number of pyridine rings is 1. The van der Waals surface area contributed by atoms with E-state index in [1.807, 2.05) is 32.3 Å². The van der Waals surface area contributed by atoms with Crippen LogP contribution in [0.25, 0.3) is 17.0 Å². The Balaban J connectivity index is 1.41. The van der Waals surface area contributed by atoms with Crippen LogP contribution in [0.1, 0.15) is 39.5 Å². The van der Waals surface area contributed by atoms with Crippen LogP contribution in [0.5, 0.6) is 0 Å². The maximum absolute atomic E-state index is 13.5. The number of carbonyl (C=O) groups is 1. The average molecular weight is 464 g/mol. The lowest BCUT2D eigenvalue weighted by atomic mass is 9.99. The van der Waals surface area contributed by atoms with Gasteiger partial charge in [-0.1, -0.05) is 11.6 Å². The minimum Gasteiger partial charge on any atom is -0.412 e. The van der Waals surface area contributed by atoms with Gasteiger partial charge in [0.15, 0.2) is 0 Å². The number of aryl methyl sites for hydroxylation is 1. The van der Waals surface area contributed by atoms with Gasteiger partial charge in [0.25, 0.3) is 5.89 Å². The second-order valence-electron chi connectivity index (χ2n) is 7.85. The van der Waals surface area contributed by atoms with E-state index in [9.17, 15) is 4.79 Å². The fraction of sp³-hybridized carbons (Fsp3) is 0.238. The zero-order valence-electron chi connectivity index (χ0n) is 17.7. The first kappa shape index (κ1) is 19.7. The number of aromatic nitrogens is 8. The molecule has 0 fully saturated rings. The quantitative estimate of drug-likeness (QED) is 0.436. The van der Waals surface area contributed by atoms with Gasteiger partial charge in [0.1, 0.15) is 6.04 Å². The van der Waals surface area contributed by atoms with Crippen molar-refractivity contribution in [3.05, 3.63) is 70.6 Å². The molecule has 5 aromatic rings. The third-order valence-corrected chi connectivity index (χ3v) is 6.33. The molecule has 11 nitrogen and oxygen atoms in total. The first-order valence-electron chi connectivity index (χ1n) is 10.3. The monoisotopic (exact) mass is 463 g/mol. The molecule has 6 rings (SSSR count). The van der Waals surface area contributed by atoms with Crippen molar-refractivity contribution in [2.45, 2.75) is 19.4 Å².